The third-order valence-electron chi connectivity index (χ3n) is 14.3. The Balaban J connectivity index is 1.25. The molecule has 0 amide bonds. The maximum atomic E-state index is 12.4. The van der Waals surface area contributed by atoms with Crippen LogP contribution in [0.2, 0.25) is 0 Å². The molecule has 2 aliphatic heterocycles. The summed E-state index contributed by atoms with van der Waals surface area (Å²) in [5.74, 6) is 1.05. The van der Waals surface area contributed by atoms with E-state index in [9.17, 15) is 9.90 Å². The summed E-state index contributed by atoms with van der Waals surface area (Å²) in [6, 6.07) is 0. The molecule has 7 fully saturated rings. The predicted octanol–water partition coefficient (Wildman–Crippen LogP) is 6.24. The van der Waals surface area contributed by atoms with Crippen LogP contribution < -0.4 is 0 Å². The molecule has 5 aliphatic carbocycles. The lowest BCUT2D eigenvalue weighted by atomic mass is 9.41. The summed E-state index contributed by atoms with van der Waals surface area (Å²) in [6.45, 7) is 14.3. The molecule has 0 aromatic rings. The van der Waals surface area contributed by atoms with Gasteiger partial charge in [0.05, 0.1) is 17.6 Å². The van der Waals surface area contributed by atoms with Crippen molar-refractivity contribution in [3.8, 4) is 0 Å². The van der Waals surface area contributed by atoms with Gasteiger partial charge in [-0.1, -0.05) is 41.5 Å². The monoisotopic (exact) mass is 470 g/mol. The van der Waals surface area contributed by atoms with Crippen molar-refractivity contribution in [1.82, 2.24) is 0 Å². The SMILES string of the molecule is C[C@@H]1C[C@]2(C[C@@H](C)[C@]3(CC[C@@]4(C)[C@@H]5CC[C@H]6C(C)(C)[C@H](O)CC[C@]67C[C@]57CC[C@@]43C)O2)OC1=O. The van der Waals surface area contributed by atoms with Crippen molar-refractivity contribution in [3.63, 3.8) is 0 Å². The van der Waals surface area contributed by atoms with Crippen LogP contribution in [0.4, 0.5) is 0 Å². The topological polar surface area (TPSA) is 55.8 Å². The number of aliphatic hydroxyl groups is 1. The highest BCUT2D eigenvalue weighted by molar-refractivity contribution is 5.74. The van der Waals surface area contributed by atoms with Crippen LogP contribution >= 0.6 is 0 Å². The molecule has 4 heteroatoms. The molecule has 2 saturated heterocycles. The minimum Gasteiger partial charge on any atom is -0.433 e. The van der Waals surface area contributed by atoms with Gasteiger partial charge >= 0.3 is 5.97 Å². The Kier molecular flexibility index (Phi) is 4.04. The fourth-order valence-corrected chi connectivity index (χ4v) is 12.5. The molecule has 2 heterocycles. The average molecular weight is 471 g/mol. The number of hydrogen-bond donors (Lipinski definition) is 1. The third kappa shape index (κ3) is 2.14. The van der Waals surface area contributed by atoms with E-state index in [0.29, 0.717) is 22.7 Å². The second kappa shape index (κ2) is 6.09. The smallest absolute Gasteiger partial charge is 0.311 e. The first kappa shape index (κ1) is 22.6. The summed E-state index contributed by atoms with van der Waals surface area (Å²) in [7, 11) is 0. The van der Waals surface area contributed by atoms with E-state index in [1.54, 1.807) is 0 Å². The van der Waals surface area contributed by atoms with E-state index >= 15 is 0 Å². The molecule has 1 N–H and O–H groups in total. The van der Waals surface area contributed by atoms with Crippen LogP contribution in [0.15, 0.2) is 0 Å². The summed E-state index contributed by atoms with van der Waals surface area (Å²) in [5.41, 5.74) is 1.23. The van der Waals surface area contributed by atoms with Crippen LogP contribution in [-0.2, 0) is 14.3 Å². The Morgan fingerprint density at radius 2 is 1.56 bits per heavy atom. The summed E-state index contributed by atoms with van der Waals surface area (Å²) in [6.07, 6.45) is 12.6. The zero-order valence-electron chi connectivity index (χ0n) is 22.3. The fourth-order valence-electron chi connectivity index (χ4n) is 12.5. The first-order valence-corrected chi connectivity index (χ1v) is 14.4. The number of aliphatic hydroxyl groups excluding tert-OH is 1. The number of carbonyl (C=O) groups is 1. The molecular formula is C30H46O4. The largest absolute Gasteiger partial charge is 0.433 e. The van der Waals surface area contributed by atoms with Gasteiger partial charge in [0, 0.05) is 18.3 Å². The Hall–Kier alpha value is -0.610. The van der Waals surface area contributed by atoms with Crippen molar-refractivity contribution in [2.45, 2.75) is 130 Å². The van der Waals surface area contributed by atoms with Gasteiger partial charge in [-0.05, 0) is 97.2 Å². The van der Waals surface area contributed by atoms with Crippen molar-refractivity contribution in [2.24, 2.45) is 50.7 Å². The number of ether oxygens (including phenoxy) is 2. The summed E-state index contributed by atoms with van der Waals surface area (Å²) in [4.78, 5) is 12.4. The zero-order chi connectivity index (χ0) is 24.2. The van der Waals surface area contributed by atoms with Gasteiger partial charge in [0.2, 0.25) is 5.79 Å². The van der Waals surface area contributed by atoms with Crippen LogP contribution in [0.1, 0.15) is 112 Å². The summed E-state index contributed by atoms with van der Waals surface area (Å²) >= 11 is 0. The van der Waals surface area contributed by atoms with Gasteiger partial charge in [-0.3, -0.25) is 4.79 Å². The van der Waals surface area contributed by atoms with Gasteiger partial charge in [-0.25, -0.2) is 0 Å². The van der Waals surface area contributed by atoms with E-state index in [1.165, 1.54) is 44.9 Å². The highest BCUT2D eigenvalue weighted by Gasteiger charge is 2.84. The van der Waals surface area contributed by atoms with Crippen molar-refractivity contribution in [3.05, 3.63) is 0 Å². The summed E-state index contributed by atoms with van der Waals surface area (Å²) in [5, 5.41) is 10.9. The Morgan fingerprint density at radius 1 is 0.853 bits per heavy atom. The van der Waals surface area contributed by atoms with Crippen LogP contribution in [-0.4, -0.2) is 28.6 Å². The van der Waals surface area contributed by atoms with Gasteiger partial charge in [-0.15, -0.1) is 0 Å². The maximum Gasteiger partial charge on any atom is 0.311 e. The molecule has 11 atom stereocenters. The first-order chi connectivity index (χ1) is 15.8. The average Bonchev–Trinajstić information content (AvgIpc) is 3.13. The number of fused-ring (bicyclic) bond motifs is 3. The van der Waals surface area contributed by atoms with Crippen LogP contribution in [0.3, 0.4) is 0 Å². The standard InChI is InChI=1S/C30H46O4/c1-18-15-29(33-23(18)32)16-19(2)30(34-29)14-11-25(5)21-8-7-20-24(3,4)22(31)9-10-27(20)17-28(21,27)13-12-26(25,30)6/h18-22,31H,7-17H2,1-6H3/t18-,19-,20+,21+,22-,25+,26+,27+,28-,29+,30+/m1/s1. The molecule has 7 rings (SSSR count). The molecule has 0 aromatic carbocycles. The van der Waals surface area contributed by atoms with Crippen molar-refractivity contribution >= 4 is 5.97 Å². The molecule has 0 aromatic heterocycles. The van der Waals surface area contributed by atoms with Crippen LogP contribution in [0.25, 0.3) is 0 Å². The molecule has 4 spiro atoms. The molecule has 0 unspecified atom stereocenters. The van der Waals surface area contributed by atoms with Gasteiger partial charge in [0.1, 0.15) is 0 Å². The van der Waals surface area contributed by atoms with Crippen molar-refractivity contribution in [1.29, 1.82) is 0 Å². The quantitative estimate of drug-likeness (QED) is 0.426. The first-order valence-electron chi connectivity index (χ1n) is 14.4. The molecule has 5 saturated carbocycles. The van der Waals surface area contributed by atoms with E-state index < -0.39 is 5.79 Å². The highest BCUT2D eigenvalue weighted by Crippen LogP contribution is 2.90. The molecule has 7 aliphatic rings. The number of hydrogen-bond acceptors (Lipinski definition) is 4. The second-order valence-electron chi connectivity index (χ2n) is 15.3. The minimum atomic E-state index is -0.679. The van der Waals surface area contributed by atoms with E-state index in [0.717, 1.165) is 31.6 Å². The molecule has 190 valence electrons. The van der Waals surface area contributed by atoms with E-state index in [-0.39, 0.29) is 39.8 Å². The van der Waals surface area contributed by atoms with Crippen molar-refractivity contribution < 1.29 is 19.4 Å². The van der Waals surface area contributed by atoms with Gasteiger partial charge in [0.15, 0.2) is 0 Å². The predicted molar refractivity (Wildman–Crippen MR) is 130 cm³/mol. The Bertz CT molecular complexity index is 959. The van der Waals surface area contributed by atoms with E-state index in [2.05, 4.69) is 34.6 Å². The number of rotatable bonds is 0. The van der Waals surface area contributed by atoms with Crippen LogP contribution in [0.5, 0.6) is 0 Å². The molecule has 34 heavy (non-hydrogen) atoms. The summed E-state index contributed by atoms with van der Waals surface area (Å²) < 4.78 is 13.1. The lowest BCUT2D eigenvalue weighted by Crippen LogP contribution is -2.61. The molecule has 0 bridgehead atoms. The maximum absolute atomic E-state index is 12.4. The highest BCUT2D eigenvalue weighted by atomic mass is 16.7. The Morgan fingerprint density at radius 3 is 2.26 bits per heavy atom. The number of carbonyl (C=O) groups excluding carboxylic acids is 1. The third-order valence-corrected chi connectivity index (χ3v) is 14.3. The molecule has 0 radical (unpaired) electrons. The zero-order valence-corrected chi connectivity index (χ0v) is 22.3. The molecular weight excluding hydrogens is 424 g/mol. The normalized spacial score (nSPS) is 63.3. The van der Waals surface area contributed by atoms with Gasteiger partial charge < -0.3 is 14.6 Å². The second-order valence-corrected chi connectivity index (χ2v) is 15.3. The minimum absolute atomic E-state index is 0.0454. The molecule has 4 nitrogen and oxygen atoms in total. The number of esters is 1. The van der Waals surface area contributed by atoms with Crippen LogP contribution in [0, 0.1) is 50.7 Å². The van der Waals surface area contributed by atoms with Crippen molar-refractivity contribution in [2.75, 3.05) is 0 Å². The lowest BCUT2D eigenvalue weighted by molar-refractivity contribution is -0.269. The van der Waals surface area contributed by atoms with E-state index in [1.807, 2.05) is 6.92 Å². The van der Waals surface area contributed by atoms with E-state index in [4.69, 9.17) is 9.47 Å². The van der Waals surface area contributed by atoms with Gasteiger partial charge in [-0.2, -0.15) is 0 Å². The Labute approximate surface area is 205 Å². The van der Waals surface area contributed by atoms with Gasteiger partial charge in [0.25, 0.3) is 0 Å². The fraction of sp³-hybridized carbons (Fsp3) is 0.967. The lowest BCUT2D eigenvalue weighted by Gasteiger charge is -2.64.